The Hall–Kier alpha value is -0.350. The second kappa shape index (κ2) is 5.32. The Morgan fingerprint density at radius 3 is 2.88 bits per heavy atom. The van der Waals surface area contributed by atoms with Crippen molar-refractivity contribution in [2.75, 3.05) is 0 Å². The molecule has 1 heterocycles. The average Bonchev–Trinajstić information content (AvgIpc) is 2.88. The number of hydrogen-bond donors (Lipinski definition) is 1. The Morgan fingerprint density at radius 1 is 1.56 bits per heavy atom. The monoisotopic (exact) mass is 286 g/mol. The van der Waals surface area contributed by atoms with E-state index in [2.05, 4.69) is 28.0 Å². The van der Waals surface area contributed by atoms with Gasteiger partial charge in [0.2, 0.25) is 0 Å². The van der Waals surface area contributed by atoms with E-state index in [9.17, 15) is 5.11 Å². The predicted octanol–water partition coefficient (Wildman–Crippen LogP) is 3.28. The molecule has 1 aliphatic rings. The Kier molecular flexibility index (Phi) is 4.03. The average molecular weight is 287 g/mol. The smallest absolute Gasteiger partial charge is 0.0996 e. The van der Waals surface area contributed by atoms with E-state index in [4.69, 9.17) is 0 Å². The van der Waals surface area contributed by atoms with Gasteiger partial charge in [-0.1, -0.05) is 19.8 Å². The SMILES string of the molecule is CCCn1ncc(Br)c1C(O)C1CCCC1. The third-order valence-electron chi connectivity index (χ3n) is 3.40. The normalized spacial score (nSPS) is 19.2. The third kappa shape index (κ3) is 2.33. The summed E-state index contributed by atoms with van der Waals surface area (Å²) in [6.45, 7) is 3.01. The lowest BCUT2D eigenvalue weighted by molar-refractivity contribution is 0.101. The molecule has 0 amide bonds. The molecule has 1 aromatic heterocycles. The van der Waals surface area contributed by atoms with Crippen LogP contribution < -0.4 is 0 Å². The maximum Gasteiger partial charge on any atom is 0.0996 e. The Bertz CT molecular complexity index is 345. The number of aliphatic hydroxyl groups excluding tert-OH is 1. The van der Waals surface area contributed by atoms with Gasteiger partial charge in [-0.3, -0.25) is 4.68 Å². The summed E-state index contributed by atoms with van der Waals surface area (Å²) in [4.78, 5) is 0. The number of aromatic nitrogens is 2. The van der Waals surface area contributed by atoms with E-state index >= 15 is 0 Å². The first kappa shape index (κ1) is 12.1. The standard InChI is InChI=1S/C12H19BrN2O/c1-2-7-15-11(10(13)8-14-15)12(16)9-5-3-4-6-9/h8-9,12,16H,2-7H2,1H3. The highest BCUT2D eigenvalue weighted by Crippen LogP contribution is 2.37. The van der Waals surface area contributed by atoms with Gasteiger partial charge in [0.1, 0.15) is 0 Å². The van der Waals surface area contributed by atoms with Crippen LogP contribution in [0.2, 0.25) is 0 Å². The molecule has 3 nitrogen and oxygen atoms in total. The van der Waals surface area contributed by atoms with Crippen LogP contribution in [-0.4, -0.2) is 14.9 Å². The third-order valence-corrected chi connectivity index (χ3v) is 4.01. The molecule has 0 radical (unpaired) electrons. The lowest BCUT2D eigenvalue weighted by atomic mass is 9.98. The van der Waals surface area contributed by atoms with Crippen LogP contribution in [0.3, 0.4) is 0 Å². The summed E-state index contributed by atoms with van der Waals surface area (Å²) < 4.78 is 2.88. The first-order chi connectivity index (χ1) is 7.74. The first-order valence-corrected chi connectivity index (χ1v) is 6.92. The lowest BCUT2D eigenvalue weighted by Gasteiger charge is -2.19. The minimum absolute atomic E-state index is 0.356. The molecule has 2 rings (SSSR count). The van der Waals surface area contributed by atoms with E-state index < -0.39 is 0 Å². The molecule has 1 saturated carbocycles. The van der Waals surface area contributed by atoms with E-state index in [1.54, 1.807) is 6.20 Å². The number of hydrogen-bond acceptors (Lipinski definition) is 2. The van der Waals surface area contributed by atoms with Crippen LogP contribution in [-0.2, 0) is 6.54 Å². The van der Waals surface area contributed by atoms with Gasteiger partial charge in [-0.05, 0) is 41.1 Å². The van der Waals surface area contributed by atoms with Gasteiger partial charge in [-0.15, -0.1) is 0 Å². The van der Waals surface area contributed by atoms with Crippen molar-refractivity contribution in [1.29, 1.82) is 0 Å². The quantitative estimate of drug-likeness (QED) is 0.923. The van der Waals surface area contributed by atoms with Gasteiger partial charge < -0.3 is 5.11 Å². The molecule has 0 spiro atoms. The number of rotatable bonds is 4. The van der Waals surface area contributed by atoms with Crippen molar-refractivity contribution in [3.8, 4) is 0 Å². The van der Waals surface area contributed by atoms with Crippen LogP contribution in [0.15, 0.2) is 10.7 Å². The van der Waals surface area contributed by atoms with Crippen LogP contribution >= 0.6 is 15.9 Å². The van der Waals surface area contributed by atoms with Crippen molar-refractivity contribution in [3.63, 3.8) is 0 Å². The number of aryl methyl sites for hydroxylation is 1. The minimum atomic E-state index is -0.356. The van der Waals surface area contributed by atoms with Crippen LogP contribution in [0, 0.1) is 5.92 Å². The topological polar surface area (TPSA) is 38.0 Å². The zero-order valence-corrected chi connectivity index (χ0v) is 11.3. The van der Waals surface area contributed by atoms with Gasteiger partial charge in [0.05, 0.1) is 22.5 Å². The molecule has 4 heteroatoms. The van der Waals surface area contributed by atoms with E-state index in [-0.39, 0.29) is 6.10 Å². The summed E-state index contributed by atoms with van der Waals surface area (Å²) in [5, 5.41) is 14.7. The lowest BCUT2D eigenvalue weighted by Crippen LogP contribution is -2.15. The molecule has 0 bridgehead atoms. The largest absolute Gasteiger partial charge is 0.386 e. The molecule has 90 valence electrons. The molecule has 1 N–H and O–H groups in total. The van der Waals surface area contributed by atoms with E-state index in [1.165, 1.54) is 12.8 Å². The maximum atomic E-state index is 10.4. The van der Waals surface area contributed by atoms with Crippen molar-refractivity contribution >= 4 is 15.9 Å². The van der Waals surface area contributed by atoms with Crippen molar-refractivity contribution in [2.24, 2.45) is 5.92 Å². The van der Waals surface area contributed by atoms with Gasteiger partial charge in [0, 0.05) is 6.54 Å². The van der Waals surface area contributed by atoms with Crippen molar-refractivity contribution in [2.45, 2.75) is 51.7 Å². The van der Waals surface area contributed by atoms with Gasteiger partial charge in [-0.2, -0.15) is 5.10 Å². The molecule has 1 unspecified atom stereocenters. The number of aliphatic hydroxyl groups is 1. The summed E-state index contributed by atoms with van der Waals surface area (Å²) in [6, 6.07) is 0. The fourth-order valence-corrected chi connectivity index (χ4v) is 3.08. The van der Waals surface area contributed by atoms with Gasteiger partial charge in [0.15, 0.2) is 0 Å². The summed E-state index contributed by atoms with van der Waals surface area (Å²) in [7, 11) is 0. The molecule has 1 aliphatic carbocycles. The van der Waals surface area contributed by atoms with E-state index in [1.807, 2.05) is 4.68 Å². The second-order valence-electron chi connectivity index (χ2n) is 4.59. The summed E-state index contributed by atoms with van der Waals surface area (Å²) >= 11 is 3.49. The van der Waals surface area contributed by atoms with Crippen molar-refractivity contribution < 1.29 is 5.11 Å². The predicted molar refractivity (Wildman–Crippen MR) is 67.1 cm³/mol. The molecule has 0 aliphatic heterocycles. The highest BCUT2D eigenvalue weighted by molar-refractivity contribution is 9.10. The van der Waals surface area contributed by atoms with E-state index in [0.717, 1.165) is 36.0 Å². The highest BCUT2D eigenvalue weighted by Gasteiger charge is 2.28. The molecule has 1 atom stereocenters. The van der Waals surface area contributed by atoms with Crippen LogP contribution in [0.25, 0.3) is 0 Å². The van der Waals surface area contributed by atoms with Crippen LogP contribution in [0.5, 0.6) is 0 Å². The summed E-state index contributed by atoms with van der Waals surface area (Å²) in [5.74, 6) is 0.420. The van der Waals surface area contributed by atoms with E-state index in [0.29, 0.717) is 5.92 Å². The Balaban J connectivity index is 2.19. The summed E-state index contributed by atoms with van der Waals surface area (Å²) in [6.07, 6.45) is 7.27. The fourth-order valence-electron chi connectivity index (χ4n) is 2.55. The zero-order chi connectivity index (χ0) is 11.5. The van der Waals surface area contributed by atoms with Crippen LogP contribution in [0.1, 0.15) is 50.8 Å². The highest BCUT2D eigenvalue weighted by atomic mass is 79.9. The first-order valence-electron chi connectivity index (χ1n) is 6.13. The van der Waals surface area contributed by atoms with Gasteiger partial charge >= 0.3 is 0 Å². The molecule has 1 aromatic rings. The maximum absolute atomic E-state index is 10.4. The Labute approximate surface area is 105 Å². The van der Waals surface area contributed by atoms with Crippen molar-refractivity contribution in [3.05, 3.63) is 16.4 Å². The van der Waals surface area contributed by atoms with Gasteiger partial charge in [-0.25, -0.2) is 0 Å². The second-order valence-corrected chi connectivity index (χ2v) is 5.44. The Morgan fingerprint density at radius 2 is 2.25 bits per heavy atom. The number of nitrogens with zero attached hydrogens (tertiary/aromatic N) is 2. The van der Waals surface area contributed by atoms with Crippen LogP contribution in [0.4, 0.5) is 0 Å². The molecular weight excluding hydrogens is 268 g/mol. The molecule has 16 heavy (non-hydrogen) atoms. The van der Waals surface area contributed by atoms with Crippen molar-refractivity contribution in [1.82, 2.24) is 9.78 Å². The fraction of sp³-hybridized carbons (Fsp3) is 0.750. The molecule has 0 aromatic carbocycles. The summed E-state index contributed by atoms with van der Waals surface area (Å²) in [5.41, 5.74) is 0.966. The zero-order valence-electron chi connectivity index (χ0n) is 9.69. The molecule has 1 fully saturated rings. The molecular formula is C12H19BrN2O. The van der Waals surface area contributed by atoms with Gasteiger partial charge in [0.25, 0.3) is 0 Å². The minimum Gasteiger partial charge on any atom is -0.386 e. The number of halogens is 1. The molecule has 0 saturated heterocycles.